The highest BCUT2D eigenvalue weighted by Gasteiger charge is 2.15. The highest BCUT2D eigenvalue weighted by atomic mass is 16.5. The summed E-state index contributed by atoms with van der Waals surface area (Å²) in [5.41, 5.74) is 1.99. The van der Waals surface area contributed by atoms with Crippen LogP contribution in [0, 0.1) is 0 Å². The first kappa shape index (κ1) is 19.8. The summed E-state index contributed by atoms with van der Waals surface area (Å²) in [6, 6.07) is 15.2. The molecule has 26 heavy (non-hydrogen) atoms. The second-order valence-electron chi connectivity index (χ2n) is 6.09. The lowest BCUT2D eigenvalue weighted by Crippen LogP contribution is -2.30. The second kappa shape index (κ2) is 9.82. The number of ether oxygens (including phenoxy) is 2. The van der Waals surface area contributed by atoms with Crippen LogP contribution in [0.2, 0.25) is 0 Å². The summed E-state index contributed by atoms with van der Waals surface area (Å²) >= 11 is 0. The Morgan fingerprint density at radius 3 is 2.35 bits per heavy atom. The van der Waals surface area contributed by atoms with Gasteiger partial charge in [0.15, 0.2) is 6.10 Å². The number of carbonyl (C=O) groups excluding carboxylic acids is 1. The van der Waals surface area contributed by atoms with Crippen LogP contribution in [0.25, 0.3) is 0 Å². The number of nitrogens with one attached hydrogen (secondary N) is 1. The lowest BCUT2D eigenvalue weighted by Gasteiger charge is -2.18. The lowest BCUT2D eigenvalue weighted by atomic mass is 10.2. The van der Waals surface area contributed by atoms with E-state index in [-0.39, 0.29) is 5.91 Å². The molecule has 2 rings (SSSR count). The molecule has 0 saturated heterocycles. The van der Waals surface area contributed by atoms with Gasteiger partial charge in [-0.2, -0.15) is 0 Å². The second-order valence-corrected chi connectivity index (χ2v) is 6.09. The van der Waals surface area contributed by atoms with Crippen LogP contribution in [0.5, 0.6) is 11.5 Å². The number of hydrogen-bond donors (Lipinski definition) is 1. The van der Waals surface area contributed by atoms with Gasteiger partial charge in [0.2, 0.25) is 0 Å². The molecule has 0 radical (unpaired) electrons. The normalized spacial score (nSPS) is 11.9. The minimum absolute atomic E-state index is 0.190. The Balaban J connectivity index is 1.91. The van der Waals surface area contributed by atoms with Crippen molar-refractivity contribution in [2.75, 3.05) is 25.5 Å². The number of amides is 1. The molecule has 1 atom stereocenters. The van der Waals surface area contributed by atoms with E-state index in [1.54, 1.807) is 26.2 Å². The molecule has 0 saturated carbocycles. The molecular formula is C21H28N2O3. The van der Waals surface area contributed by atoms with Crippen molar-refractivity contribution in [1.82, 2.24) is 4.90 Å². The maximum atomic E-state index is 12.4. The van der Waals surface area contributed by atoms with Crippen molar-refractivity contribution in [3.63, 3.8) is 0 Å². The number of nitrogens with zero attached hydrogens (tertiary/aromatic N) is 1. The molecule has 140 valence electrons. The van der Waals surface area contributed by atoms with E-state index in [4.69, 9.17) is 9.47 Å². The quantitative estimate of drug-likeness (QED) is 0.739. The molecule has 2 aromatic rings. The molecule has 0 unspecified atom stereocenters. The molecule has 1 amide bonds. The molecule has 5 nitrogen and oxygen atoms in total. The van der Waals surface area contributed by atoms with E-state index < -0.39 is 6.10 Å². The number of rotatable bonds is 9. The molecular weight excluding hydrogens is 328 g/mol. The fraction of sp³-hybridized carbons (Fsp3) is 0.381. The summed E-state index contributed by atoms with van der Waals surface area (Å²) in [5, 5.41) is 2.89. The third-order valence-corrected chi connectivity index (χ3v) is 4.25. The average Bonchev–Trinajstić information content (AvgIpc) is 2.67. The smallest absolute Gasteiger partial charge is 0.265 e. The number of hydrogen-bond acceptors (Lipinski definition) is 4. The van der Waals surface area contributed by atoms with Gasteiger partial charge >= 0.3 is 0 Å². The van der Waals surface area contributed by atoms with Crippen LogP contribution in [-0.2, 0) is 11.3 Å². The molecule has 1 N–H and O–H groups in total. The summed E-state index contributed by atoms with van der Waals surface area (Å²) < 4.78 is 10.9. The average molecular weight is 356 g/mol. The van der Waals surface area contributed by atoms with Gasteiger partial charge in [0, 0.05) is 18.3 Å². The van der Waals surface area contributed by atoms with Crippen LogP contribution >= 0.6 is 0 Å². The van der Waals surface area contributed by atoms with Crippen molar-refractivity contribution in [3.05, 3.63) is 54.1 Å². The zero-order valence-electron chi connectivity index (χ0n) is 16.0. The van der Waals surface area contributed by atoms with Crippen molar-refractivity contribution in [3.8, 4) is 11.5 Å². The van der Waals surface area contributed by atoms with E-state index in [0.29, 0.717) is 11.5 Å². The van der Waals surface area contributed by atoms with E-state index in [0.717, 1.165) is 25.3 Å². The van der Waals surface area contributed by atoms with Crippen LogP contribution in [0.4, 0.5) is 5.69 Å². The highest BCUT2D eigenvalue weighted by molar-refractivity contribution is 5.94. The van der Waals surface area contributed by atoms with Gasteiger partial charge in [-0.15, -0.1) is 0 Å². The third kappa shape index (κ3) is 5.77. The Morgan fingerprint density at radius 2 is 1.73 bits per heavy atom. The molecule has 0 fully saturated rings. The van der Waals surface area contributed by atoms with Crippen LogP contribution in [0.15, 0.2) is 48.5 Å². The Hall–Kier alpha value is -2.53. The van der Waals surface area contributed by atoms with E-state index >= 15 is 0 Å². The predicted octanol–water partition coefficient (Wildman–Crippen LogP) is 3.94. The lowest BCUT2D eigenvalue weighted by molar-refractivity contribution is -0.122. The maximum absolute atomic E-state index is 12.4. The van der Waals surface area contributed by atoms with Gasteiger partial charge in [-0.3, -0.25) is 9.69 Å². The van der Waals surface area contributed by atoms with Crippen molar-refractivity contribution in [2.24, 2.45) is 0 Å². The minimum Gasteiger partial charge on any atom is -0.497 e. The zero-order valence-corrected chi connectivity index (χ0v) is 16.0. The molecule has 0 spiro atoms. The van der Waals surface area contributed by atoms with E-state index in [1.807, 2.05) is 36.4 Å². The molecule has 0 aliphatic rings. The zero-order chi connectivity index (χ0) is 18.9. The van der Waals surface area contributed by atoms with Crippen molar-refractivity contribution in [1.29, 1.82) is 0 Å². The third-order valence-electron chi connectivity index (χ3n) is 4.25. The first-order valence-corrected chi connectivity index (χ1v) is 8.98. The Morgan fingerprint density at radius 1 is 1.08 bits per heavy atom. The van der Waals surface area contributed by atoms with Crippen LogP contribution in [0.1, 0.15) is 26.3 Å². The molecule has 2 aromatic carbocycles. The summed E-state index contributed by atoms with van der Waals surface area (Å²) in [6.45, 7) is 8.99. The van der Waals surface area contributed by atoms with Crippen molar-refractivity contribution in [2.45, 2.75) is 33.4 Å². The van der Waals surface area contributed by atoms with Crippen LogP contribution in [0.3, 0.4) is 0 Å². The van der Waals surface area contributed by atoms with Crippen LogP contribution < -0.4 is 14.8 Å². The van der Waals surface area contributed by atoms with E-state index in [1.165, 1.54) is 5.56 Å². The van der Waals surface area contributed by atoms with Gasteiger partial charge < -0.3 is 14.8 Å². The van der Waals surface area contributed by atoms with Crippen molar-refractivity contribution < 1.29 is 14.3 Å². The van der Waals surface area contributed by atoms with Gasteiger partial charge in [0.05, 0.1) is 7.11 Å². The van der Waals surface area contributed by atoms with Gasteiger partial charge in [-0.1, -0.05) is 32.0 Å². The summed E-state index contributed by atoms with van der Waals surface area (Å²) in [7, 11) is 1.60. The molecule has 5 heteroatoms. The number of benzene rings is 2. The minimum atomic E-state index is -0.613. The van der Waals surface area contributed by atoms with E-state index in [9.17, 15) is 4.79 Å². The molecule has 0 bridgehead atoms. The Bertz CT molecular complexity index is 697. The first-order valence-electron chi connectivity index (χ1n) is 8.98. The van der Waals surface area contributed by atoms with Crippen LogP contribution in [-0.4, -0.2) is 37.1 Å². The number of methoxy groups -OCH3 is 1. The first-order chi connectivity index (χ1) is 12.5. The van der Waals surface area contributed by atoms with Crippen molar-refractivity contribution >= 4 is 11.6 Å². The summed E-state index contributed by atoms with van der Waals surface area (Å²) in [4.78, 5) is 14.7. The number of anilines is 1. The predicted molar refractivity (Wildman–Crippen MR) is 105 cm³/mol. The highest BCUT2D eigenvalue weighted by Crippen LogP contribution is 2.20. The van der Waals surface area contributed by atoms with Gasteiger partial charge in [-0.25, -0.2) is 0 Å². The van der Waals surface area contributed by atoms with Gasteiger partial charge in [-0.05, 0) is 49.8 Å². The van der Waals surface area contributed by atoms with Gasteiger partial charge in [0.1, 0.15) is 11.5 Å². The van der Waals surface area contributed by atoms with Gasteiger partial charge in [0.25, 0.3) is 5.91 Å². The Labute approximate surface area is 155 Å². The Kier molecular flexibility index (Phi) is 7.48. The standard InChI is InChI=1S/C21H28N2O3/c1-5-23(6-2)15-17-10-12-18(13-11-17)22-21(24)16(3)26-20-9-7-8-19(14-20)25-4/h7-14,16H,5-6,15H2,1-4H3,(H,22,24)/t16-/m0/s1. The van der Waals surface area contributed by atoms with E-state index in [2.05, 4.69) is 24.1 Å². The maximum Gasteiger partial charge on any atom is 0.265 e. The number of carbonyl (C=O) groups is 1. The molecule has 0 heterocycles. The molecule has 0 aromatic heterocycles. The fourth-order valence-electron chi connectivity index (χ4n) is 2.57. The fourth-order valence-corrected chi connectivity index (χ4v) is 2.57. The summed E-state index contributed by atoms with van der Waals surface area (Å²) in [5.74, 6) is 1.10. The molecule has 0 aliphatic heterocycles. The topological polar surface area (TPSA) is 50.8 Å². The summed E-state index contributed by atoms with van der Waals surface area (Å²) in [6.07, 6.45) is -0.613. The monoisotopic (exact) mass is 356 g/mol. The largest absolute Gasteiger partial charge is 0.497 e. The SMILES string of the molecule is CCN(CC)Cc1ccc(NC(=O)[C@H](C)Oc2cccc(OC)c2)cc1. The molecule has 0 aliphatic carbocycles.